The first-order chi connectivity index (χ1) is 19.6. The molecule has 1 saturated heterocycles. The number of nitrogens with zero attached hydrogens (tertiary/aromatic N) is 6. The van der Waals surface area contributed by atoms with Gasteiger partial charge in [0.05, 0.1) is 24.2 Å². The van der Waals surface area contributed by atoms with Crippen molar-refractivity contribution in [2.24, 2.45) is 0 Å². The minimum Gasteiger partial charge on any atom is -0.445 e. The van der Waals surface area contributed by atoms with Crippen LogP contribution in [0.3, 0.4) is 0 Å². The number of rotatable bonds is 5. The van der Waals surface area contributed by atoms with Gasteiger partial charge in [0.15, 0.2) is 0 Å². The van der Waals surface area contributed by atoms with E-state index in [1.165, 1.54) is 11.3 Å². The van der Waals surface area contributed by atoms with E-state index in [4.69, 9.17) is 16.3 Å². The van der Waals surface area contributed by atoms with Crippen LogP contribution in [0, 0.1) is 11.3 Å². The molecule has 1 amide bonds. The standard InChI is InChI=1S/C31H33ClN6O2/c32-30-34-27-19-24(37-16-6-10-23-9-4-5-11-28(23)37)12-13-26(27)29(35-30)36-17-18-38(25(20-36)14-15-33)31(39)40-21-22-7-2-1-3-8-22/h1-5,7-9,11,24-25H,6,10,12-14,16-21H2/t24?,25-/m0/s1. The zero-order valence-corrected chi connectivity index (χ0v) is 23.3. The largest absolute Gasteiger partial charge is 0.445 e. The molecule has 3 heterocycles. The van der Waals surface area contributed by atoms with Crippen molar-refractivity contribution in [3.8, 4) is 6.07 Å². The lowest BCUT2D eigenvalue weighted by Gasteiger charge is -2.43. The number of fused-ring (bicyclic) bond motifs is 2. The summed E-state index contributed by atoms with van der Waals surface area (Å²) in [7, 11) is 0. The molecule has 6 rings (SSSR count). The molecule has 1 fully saturated rings. The Kier molecular flexibility index (Phi) is 7.74. The minimum atomic E-state index is -0.392. The lowest BCUT2D eigenvalue weighted by Crippen LogP contribution is -2.55. The lowest BCUT2D eigenvalue weighted by atomic mass is 9.88. The molecular weight excluding hydrogens is 524 g/mol. The van der Waals surface area contributed by atoms with Crippen molar-refractivity contribution in [1.29, 1.82) is 5.26 Å². The van der Waals surface area contributed by atoms with Crippen LogP contribution in [0.1, 0.15) is 41.6 Å². The van der Waals surface area contributed by atoms with Crippen molar-refractivity contribution in [2.45, 2.75) is 57.2 Å². The number of ether oxygens (including phenoxy) is 1. The van der Waals surface area contributed by atoms with Crippen molar-refractivity contribution in [3.05, 3.63) is 82.3 Å². The van der Waals surface area contributed by atoms with Gasteiger partial charge in [0.1, 0.15) is 12.4 Å². The van der Waals surface area contributed by atoms with Crippen LogP contribution >= 0.6 is 11.6 Å². The highest BCUT2D eigenvalue weighted by Crippen LogP contribution is 2.36. The normalized spacial score (nSPS) is 20.4. The number of amides is 1. The van der Waals surface area contributed by atoms with Crippen molar-refractivity contribution in [1.82, 2.24) is 14.9 Å². The monoisotopic (exact) mass is 556 g/mol. The van der Waals surface area contributed by atoms with Gasteiger partial charge in [-0.05, 0) is 54.5 Å². The predicted octanol–water partition coefficient (Wildman–Crippen LogP) is 5.18. The molecule has 3 aromatic rings. The number of hydrogen-bond acceptors (Lipinski definition) is 7. The Bertz CT molecular complexity index is 1410. The van der Waals surface area contributed by atoms with E-state index in [0.717, 1.165) is 61.3 Å². The molecule has 0 spiro atoms. The lowest BCUT2D eigenvalue weighted by molar-refractivity contribution is 0.0768. The molecule has 40 heavy (non-hydrogen) atoms. The molecule has 206 valence electrons. The highest BCUT2D eigenvalue weighted by Gasteiger charge is 2.35. The number of piperazine rings is 1. The number of benzene rings is 2. The molecular formula is C31H33ClN6O2. The summed E-state index contributed by atoms with van der Waals surface area (Å²) in [6.07, 6.45) is 4.83. The average Bonchev–Trinajstić information content (AvgIpc) is 2.99. The van der Waals surface area contributed by atoms with E-state index in [9.17, 15) is 10.1 Å². The Labute approximate surface area is 240 Å². The maximum atomic E-state index is 13.0. The van der Waals surface area contributed by atoms with Gasteiger partial charge in [-0.1, -0.05) is 48.5 Å². The van der Waals surface area contributed by atoms with E-state index in [2.05, 4.69) is 50.1 Å². The van der Waals surface area contributed by atoms with Gasteiger partial charge < -0.3 is 19.4 Å². The molecule has 8 nitrogen and oxygen atoms in total. The summed E-state index contributed by atoms with van der Waals surface area (Å²) in [5, 5.41) is 9.79. The van der Waals surface area contributed by atoms with Gasteiger partial charge in [0, 0.05) is 49.9 Å². The van der Waals surface area contributed by atoms with E-state index in [0.29, 0.717) is 25.7 Å². The van der Waals surface area contributed by atoms with Crippen LogP contribution in [-0.4, -0.2) is 59.2 Å². The van der Waals surface area contributed by atoms with Gasteiger partial charge in [0.25, 0.3) is 0 Å². The maximum Gasteiger partial charge on any atom is 0.410 e. The van der Waals surface area contributed by atoms with Gasteiger partial charge in [-0.25, -0.2) is 14.8 Å². The number of anilines is 2. The Hall–Kier alpha value is -3.83. The van der Waals surface area contributed by atoms with Gasteiger partial charge in [-0.3, -0.25) is 0 Å². The highest BCUT2D eigenvalue weighted by atomic mass is 35.5. The summed E-state index contributed by atoms with van der Waals surface area (Å²) in [6.45, 7) is 2.79. The quantitative estimate of drug-likeness (QED) is 0.400. The Morgan fingerprint density at radius 2 is 1.88 bits per heavy atom. The number of hydrogen-bond donors (Lipinski definition) is 0. The second-order valence-corrected chi connectivity index (χ2v) is 11.1. The predicted molar refractivity (Wildman–Crippen MR) is 155 cm³/mol. The van der Waals surface area contributed by atoms with E-state index < -0.39 is 6.09 Å². The number of aromatic nitrogens is 2. The van der Waals surface area contributed by atoms with Crippen LogP contribution in [0.5, 0.6) is 0 Å². The number of para-hydroxylation sites is 1. The summed E-state index contributed by atoms with van der Waals surface area (Å²) in [4.78, 5) is 28.8. The highest BCUT2D eigenvalue weighted by molar-refractivity contribution is 6.28. The van der Waals surface area contributed by atoms with Crippen molar-refractivity contribution in [3.63, 3.8) is 0 Å². The van der Waals surface area contributed by atoms with Gasteiger partial charge in [-0.15, -0.1) is 0 Å². The third-order valence-electron chi connectivity index (χ3n) is 8.34. The van der Waals surface area contributed by atoms with Crippen LogP contribution < -0.4 is 9.80 Å². The fourth-order valence-electron chi connectivity index (χ4n) is 6.39. The van der Waals surface area contributed by atoms with E-state index in [1.807, 2.05) is 30.3 Å². The third kappa shape index (κ3) is 5.44. The second kappa shape index (κ2) is 11.7. The molecule has 1 aliphatic carbocycles. The topological polar surface area (TPSA) is 85.6 Å². The van der Waals surface area contributed by atoms with Crippen molar-refractivity contribution in [2.75, 3.05) is 36.0 Å². The second-order valence-electron chi connectivity index (χ2n) is 10.8. The molecule has 0 N–H and O–H groups in total. The van der Waals surface area contributed by atoms with Crippen LogP contribution in [0.4, 0.5) is 16.3 Å². The zero-order chi connectivity index (χ0) is 27.5. The first-order valence-electron chi connectivity index (χ1n) is 14.1. The SMILES string of the molecule is N#CC[C@H]1CN(c2nc(Cl)nc3c2CCC(N2CCCc4ccccc42)C3)CCN1C(=O)OCc1ccccc1. The van der Waals surface area contributed by atoms with Gasteiger partial charge >= 0.3 is 6.09 Å². The number of carbonyl (C=O) groups excluding carboxylic acids is 1. The number of carbonyl (C=O) groups is 1. The maximum absolute atomic E-state index is 13.0. The first kappa shape index (κ1) is 26.4. The molecule has 0 radical (unpaired) electrons. The molecule has 9 heteroatoms. The number of aryl methyl sites for hydroxylation is 1. The van der Waals surface area contributed by atoms with E-state index >= 15 is 0 Å². The molecule has 0 saturated carbocycles. The smallest absolute Gasteiger partial charge is 0.410 e. The summed E-state index contributed by atoms with van der Waals surface area (Å²) in [6, 6.07) is 20.7. The zero-order valence-electron chi connectivity index (χ0n) is 22.5. The van der Waals surface area contributed by atoms with Crippen LogP contribution in [0.2, 0.25) is 5.28 Å². The molecule has 2 aromatic carbocycles. The fourth-order valence-corrected chi connectivity index (χ4v) is 6.57. The van der Waals surface area contributed by atoms with Crippen molar-refractivity contribution < 1.29 is 9.53 Å². The van der Waals surface area contributed by atoms with Crippen LogP contribution in [0.15, 0.2) is 54.6 Å². The van der Waals surface area contributed by atoms with E-state index in [-0.39, 0.29) is 24.4 Å². The van der Waals surface area contributed by atoms with Gasteiger partial charge in [-0.2, -0.15) is 5.26 Å². The molecule has 2 atom stereocenters. The number of nitriles is 1. The van der Waals surface area contributed by atoms with Crippen LogP contribution in [-0.2, 0) is 30.6 Å². The molecule has 2 aliphatic heterocycles. The average molecular weight is 557 g/mol. The number of halogens is 1. The van der Waals surface area contributed by atoms with Crippen molar-refractivity contribution >= 4 is 29.2 Å². The summed E-state index contributed by atoms with van der Waals surface area (Å²) < 4.78 is 5.60. The van der Waals surface area contributed by atoms with Crippen LogP contribution in [0.25, 0.3) is 0 Å². The molecule has 1 aromatic heterocycles. The minimum absolute atomic E-state index is 0.205. The van der Waals surface area contributed by atoms with Gasteiger partial charge in [0.2, 0.25) is 5.28 Å². The Balaban J connectivity index is 1.18. The Morgan fingerprint density at radius 1 is 1.05 bits per heavy atom. The summed E-state index contributed by atoms with van der Waals surface area (Å²) in [5.74, 6) is 0.840. The summed E-state index contributed by atoms with van der Waals surface area (Å²) >= 11 is 6.49. The van der Waals surface area contributed by atoms with E-state index in [1.54, 1.807) is 4.90 Å². The molecule has 0 bridgehead atoms. The third-order valence-corrected chi connectivity index (χ3v) is 8.50. The Morgan fingerprint density at radius 3 is 2.73 bits per heavy atom. The molecule has 1 unspecified atom stereocenters. The first-order valence-corrected chi connectivity index (χ1v) is 14.5. The summed E-state index contributed by atoms with van der Waals surface area (Å²) in [5.41, 5.74) is 5.85. The fraction of sp³-hybridized carbons (Fsp3) is 0.419. The molecule has 3 aliphatic rings.